The number of hydrogen-bond acceptors (Lipinski definition) is 3. The monoisotopic (exact) mass is 336 g/mol. The van der Waals surface area contributed by atoms with Crippen molar-refractivity contribution in [1.82, 2.24) is 5.32 Å². The molecule has 1 aliphatic rings. The third-order valence-corrected chi connectivity index (χ3v) is 4.59. The Morgan fingerprint density at radius 1 is 1.33 bits per heavy atom. The lowest BCUT2D eigenvalue weighted by Crippen LogP contribution is -2.37. The number of hydrogen-bond donors (Lipinski definition) is 2. The molecule has 1 unspecified atom stereocenters. The first-order valence-electron chi connectivity index (χ1n) is 8.88. The Balaban J connectivity index is 2.10. The zero-order valence-corrected chi connectivity index (χ0v) is 14.9. The summed E-state index contributed by atoms with van der Waals surface area (Å²) in [5, 5.41) is 12.7. The highest BCUT2D eigenvalue weighted by atomic mass is 19.1. The summed E-state index contributed by atoms with van der Waals surface area (Å²) in [4.78, 5) is 14.3. The number of piperidine rings is 1. The molecule has 1 heterocycles. The summed E-state index contributed by atoms with van der Waals surface area (Å²) in [6.45, 7) is 7.56. The molecule has 2 N–H and O–H groups in total. The fourth-order valence-corrected chi connectivity index (χ4v) is 3.08. The van der Waals surface area contributed by atoms with Crippen LogP contribution >= 0.6 is 0 Å². The molecule has 1 fully saturated rings. The third kappa shape index (κ3) is 5.20. The van der Waals surface area contributed by atoms with Crippen LogP contribution in [0.1, 0.15) is 58.1 Å². The molecule has 0 bridgehead atoms. The zero-order chi connectivity index (χ0) is 17.7. The van der Waals surface area contributed by atoms with E-state index in [4.69, 9.17) is 0 Å². The number of carbonyl (C=O) groups is 1. The van der Waals surface area contributed by atoms with E-state index >= 15 is 0 Å². The minimum atomic E-state index is -0.297. The number of nitrogens with one attached hydrogen (secondary N) is 1. The summed E-state index contributed by atoms with van der Waals surface area (Å²) in [5.74, 6) is 0.185. The van der Waals surface area contributed by atoms with Gasteiger partial charge in [-0.3, -0.25) is 4.79 Å². The molecule has 1 aromatic rings. The molecule has 1 amide bonds. The number of halogens is 1. The topological polar surface area (TPSA) is 52.6 Å². The number of rotatable bonds is 6. The lowest BCUT2D eigenvalue weighted by atomic mass is 10.0. The molecule has 2 rings (SSSR count). The van der Waals surface area contributed by atoms with Gasteiger partial charge in [0, 0.05) is 30.8 Å². The number of aliphatic hydroxyl groups is 1. The van der Waals surface area contributed by atoms with Gasteiger partial charge in [-0.25, -0.2) is 4.39 Å². The number of anilines is 1. The Bertz CT molecular complexity index is 554. The van der Waals surface area contributed by atoms with Crippen molar-refractivity contribution in [3.05, 3.63) is 29.6 Å². The van der Waals surface area contributed by atoms with Crippen LogP contribution < -0.4 is 10.2 Å². The van der Waals surface area contributed by atoms with E-state index in [0.29, 0.717) is 25.2 Å². The molecule has 0 aliphatic carbocycles. The molecule has 0 saturated carbocycles. The molecule has 4 nitrogen and oxygen atoms in total. The minimum absolute atomic E-state index is 0.000442. The zero-order valence-electron chi connectivity index (χ0n) is 14.9. The van der Waals surface area contributed by atoms with Gasteiger partial charge in [-0.05, 0) is 50.3 Å². The van der Waals surface area contributed by atoms with E-state index < -0.39 is 0 Å². The largest absolute Gasteiger partial charge is 0.393 e. The summed E-state index contributed by atoms with van der Waals surface area (Å²) in [7, 11) is 0. The van der Waals surface area contributed by atoms with Crippen LogP contribution in [0, 0.1) is 11.7 Å². The van der Waals surface area contributed by atoms with Crippen LogP contribution in [0.25, 0.3) is 0 Å². The summed E-state index contributed by atoms with van der Waals surface area (Å²) < 4.78 is 13.8. The number of nitrogens with zero attached hydrogens (tertiary/aromatic N) is 1. The molecule has 1 aromatic carbocycles. The van der Waals surface area contributed by atoms with Crippen LogP contribution in [-0.2, 0) is 4.79 Å². The highest BCUT2D eigenvalue weighted by Gasteiger charge is 2.22. The van der Waals surface area contributed by atoms with E-state index in [2.05, 4.69) is 24.1 Å². The highest BCUT2D eigenvalue weighted by Crippen LogP contribution is 2.29. The lowest BCUT2D eigenvalue weighted by molar-refractivity contribution is -0.122. The van der Waals surface area contributed by atoms with Gasteiger partial charge >= 0.3 is 0 Å². The number of benzene rings is 1. The molecule has 0 radical (unpaired) electrons. The van der Waals surface area contributed by atoms with Gasteiger partial charge in [0.2, 0.25) is 5.91 Å². The number of carbonyl (C=O) groups excluding carboxylic acids is 1. The predicted octanol–water partition coefficient (Wildman–Crippen LogP) is 3.40. The van der Waals surface area contributed by atoms with Gasteiger partial charge in [-0.1, -0.05) is 13.8 Å². The smallest absolute Gasteiger partial charge is 0.220 e. The van der Waals surface area contributed by atoms with Gasteiger partial charge in [0.25, 0.3) is 0 Å². The Hall–Kier alpha value is -1.62. The van der Waals surface area contributed by atoms with Gasteiger partial charge in [-0.15, -0.1) is 0 Å². The minimum Gasteiger partial charge on any atom is -0.393 e. The van der Waals surface area contributed by atoms with Crippen molar-refractivity contribution >= 4 is 11.6 Å². The van der Waals surface area contributed by atoms with E-state index in [1.54, 1.807) is 6.07 Å². The van der Waals surface area contributed by atoms with Crippen molar-refractivity contribution in [2.45, 2.75) is 58.6 Å². The second-order valence-corrected chi connectivity index (χ2v) is 7.14. The van der Waals surface area contributed by atoms with E-state index in [1.165, 1.54) is 12.1 Å². The standard InChI is InChI=1S/C19H29FN2O2/c1-13(2)4-7-19(24)21-14(3)17-12-15(20)5-6-18(17)22-10-8-16(23)9-11-22/h5-6,12-14,16,23H,4,7-11H2,1-3H3,(H,21,24). The Labute approximate surface area is 144 Å². The Kier molecular flexibility index (Phi) is 6.60. The first-order chi connectivity index (χ1) is 11.4. The average Bonchev–Trinajstić information content (AvgIpc) is 2.54. The second-order valence-electron chi connectivity index (χ2n) is 7.14. The van der Waals surface area contributed by atoms with E-state index in [1.807, 2.05) is 6.92 Å². The van der Waals surface area contributed by atoms with Crippen LogP contribution in [0.5, 0.6) is 0 Å². The Morgan fingerprint density at radius 2 is 2.00 bits per heavy atom. The van der Waals surface area contributed by atoms with Crippen LogP contribution in [0.3, 0.4) is 0 Å². The molecule has 0 spiro atoms. The van der Waals surface area contributed by atoms with Crippen molar-refractivity contribution in [2.24, 2.45) is 5.92 Å². The molecular weight excluding hydrogens is 307 g/mol. The molecule has 5 heteroatoms. The van der Waals surface area contributed by atoms with Crippen LogP contribution in [0.2, 0.25) is 0 Å². The van der Waals surface area contributed by atoms with Gasteiger partial charge < -0.3 is 15.3 Å². The average molecular weight is 336 g/mol. The van der Waals surface area contributed by atoms with Crippen molar-refractivity contribution < 1.29 is 14.3 Å². The van der Waals surface area contributed by atoms with Gasteiger partial charge in [0.1, 0.15) is 5.82 Å². The first-order valence-corrected chi connectivity index (χ1v) is 8.88. The SMILES string of the molecule is CC(C)CCC(=O)NC(C)c1cc(F)ccc1N1CCC(O)CC1. The molecule has 1 saturated heterocycles. The molecule has 0 aromatic heterocycles. The van der Waals surface area contributed by atoms with Gasteiger partial charge in [0.05, 0.1) is 12.1 Å². The van der Waals surface area contributed by atoms with Gasteiger partial charge in [-0.2, -0.15) is 0 Å². The van der Waals surface area contributed by atoms with E-state index in [9.17, 15) is 14.3 Å². The number of aliphatic hydroxyl groups excluding tert-OH is 1. The van der Waals surface area contributed by atoms with Crippen molar-refractivity contribution in [3.63, 3.8) is 0 Å². The maximum Gasteiger partial charge on any atom is 0.220 e. The quantitative estimate of drug-likeness (QED) is 0.837. The number of amides is 1. The van der Waals surface area contributed by atoms with Crippen molar-refractivity contribution in [3.8, 4) is 0 Å². The fraction of sp³-hybridized carbons (Fsp3) is 0.632. The first kappa shape index (κ1) is 18.7. The molecule has 1 aliphatic heterocycles. The Morgan fingerprint density at radius 3 is 2.62 bits per heavy atom. The van der Waals surface area contributed by atoms with Crippen LogP contribution in [0.15, 0.2) is 18.2 Å². The third-order valence-electron chi connectivity index (χ3n) is 4.59. The van der Waals surface area contributed by atoms with Crippen LogP contribution in [-0.4, -0.2) is 30.2 Å². The molecular formula is C19H29FN2O2. The van der Waals surface area contributed by atoms with Crippen molar-refractivity contribution in [1.29, 1.82) is 0 Å². The van der Waals surface area contributed by atoms with E-state index in [0.717, 1.165) is 30.8 Å². The van der Waals surface area contributed by atoms with Crippen LogP contribution in [0.4, 0.5) is 10.1 Å². The maximum atomic E-state index is 13.8. The lowest BCUT2D eigenvalue weighted by Gasteiger charge is -2.34. The second kappa shape index (κ2) is 8.47. The van der Waals surface area contributed by atoms with Gasteiger partial charge in [0.15, 0.2) is 0 Å². The fourth-order valence-electron chi connectivity index (χ4n) is 3.08. The molecule has 1 atom stereocenters. The summed E-state index contributed by atoms with van der Waals surface area (Å²) >= 11 is 0. The summed E-state index contributed by atoms with van der Waals surface area (Å²) in [6.07, 6.45) is 2.51. The normalized spacial score (nSPS) is 17.2. The highest BCUT2D eigenvalue weighted by molar-refractivity contribution is 5.76. The van der Waals surface area contributed by atoms with Crippen molar-refractivity contribution in [2.75, 3.05) is 18.0 Å². The summed E-state index contributed by atoms with van der Waals surface area (Å²) in [6, 6.07) is 4.49. The van der Waals surface area contributed by atoms with E-state index in [-0.39, 0.29) is 23.9 Å². The molecule has 134 valence electrons. The molecule has 24 heavy (non-hydrogen) atoms. The maximum absolute atomic E-state index is 13.8. The summed E-state index contributed by atoms with van der Waals surface area (Å²) in [5.41, 5.74) is 1.74. The predicted molar refractivity (Wildman–Crippen MR) is 94.5 cm³/mol.